The van der Waals surface area contributed by atoms with Crippen LogP contribution in [0.5, 0.6) is 0 Å². The minimum Gasteiger partial charge on any atom is -0.481 e. The van der Waals surface area contributed by atoms with Gasteiger partial charge in [0.1, 0.15) is 0 Å². The molecule has 1 aliphatic rings. The van der Waals surface area contributed by atoms with Crippen molar-refractivity contribution in [3.8, 4) is 0 Å². The zero-order valence-corrected chi connectivity index (χ0v) is 9.56. The monoisotopic (exact) mass is 229 g/mol. The summed E-state index contributed by atoms with van der Waals surface area (Å²) in [5.41, 5.74) is 0. The van der Waals surface area contributed by atoms with Crippen LogP contribution in [0.3, 0.4) is 0 Å². The number of likely N-dealkylation sites (tertiary alicyclic amines) is 1. The minimum absolute atomic E-state index is 0.367. The van der Waals surface area contributed by atoms with Crippen molar-refractivity contribution in [2.45, 2.75) is 26.2 Å². The van der Waals surface area contributed by atoms with Gasteiger partial charge in [-0.15, -0.1) is 0 Å². The van der Waals surface area contributed by atoms with Crippen LogP contribution in [0.25, 0.3) is 0 Å². The largest absolute Gasteiger partial charge is 0.481 e. The van der Waals surface area contributed by atoms with Crippen LogP contribution in [-0.2, 0) is 9.59 Å². The first-order chi connectivity index (χ1) is 7.56. The van der Waals surface area contributed by atoms with Crippen LogP contribution in [0, 0.1) is 11.8 Å². The van der Waals surface area contributed by atoms with E-state index in [4.69, 9.17) is 10.2 Å². The highest BCUT2D eigenvalue weighted by Crippen LogP contribution is 2.24. The van der Waals surface area contributed by atoms with Crippen molar-refractivity contribution in [1.29, 1.82) is 0 Å². The van der Waals surface area contributed by atoms with Gasteiger partial charge in [-0.25, -0.2) is 0 Å². The molecule has 5 heteroatoms. The van der Waals surface area contributed by atoms with Gasteiger partial charge >= 0.3 is 11.9 Å². The molecule has 1 aliphatic heterocycles. The van der Waals surface area contributed by atoms with E-state index in [1.807, 2.05) is 0 Å². The molecule has 1 saturated heterocycles. The molecule has 0 aromatic rings. The topological polar surface area (TPSA) is 77.8 Å². The third-order valence-electron chi connectivity index (χ3n) is 3.16. The summed E-state index contributed by atoms with van der Waals surface area (Å²) in [4.78, 5) is 24.0. The Labute approximate surface area is 95.1 Å². The second-order valence-corrected chi connectivity index (χ2v) is 4.33. The van der Waals surface area contributed by atoms with E-state index in [0.717, 1.165) is 19.4 Å². The number of unbranched alkanes of at least 4 members (excludes halogenated alkanes) is 1. The SMILES string of the molecule is CCCCN1CCC(C(=O)O)C(C(=O)O)C1. The molecule has 16 heavy (non-hydrogen) atoms. The molecule has 5 nitrogen and oxygen atoms in total. The Bertz CT molecular complexity index is 267. The fourth-order valence-corrected chi connectivity index (χ4v) is 2.15. The fourth-order valence-electron chi connectivity index (χ4n) is 2.15. The van der Waals surface area contributed by atoms with Crippen LogP contribution in [0.4, 0.5) is 0 Å². The molecule has 2 unspecified atom stereocenters. The van der Waals surface area contributed by atoms with Crippen LogP contribution in [-0.4, -0.2) is 46.7 Å². The van der Waals surface area contributed by atoms with Crippen molar-refractivity contribution in [3.05, 3.63) is 0 Å². The average Bonchev–Trinajstić information content (AvgIpc) is 2.25. The number of rotatable bonds is 5. The van der Waals surface area contributed by atoms with Gasteiger partial charge in [0.25, 0.3) is 0 Å². The number of aliphatic carboxylic acids is 2. The number of nitrogens with zero attached hydrogens (tertiary/aromatic N) is 1. The summed E-state index contributed by atoms with van der Waals surface area (Å²) in [7, 11) is 0. The third-order valence-corrected chi connectivity index (χ3v) is 3.16. The molecular formula is C11H19NO4. The van der Waals surface area contributed by atoms with Gasteiger partial charge in [0.15, 0.2) is 0 Å². The summed E-state index contributed by atoms with van der Waals surface area (Å²) in [5.74, 6) is -3.46. The smallest absolute Gasteiger partial charge is 0.308 e. The van der Waals surface area contributed by atoms with Gasteiger partial charge in [0, 0.05) is 6.54 Å². The highest BCUT2D eigenvalue weighted by Gasteiger charge is 2.38. The zero-order valence-electron chi connectivity index (χ0n) is 9.56. The van der Waals surface area contributed by atoms with E-state index < -0.39 is 23.8 Å². The van der Waals surface area contributed by atoms with Crippen molar-refractivity contribution in [1.82, 2.24) is 4.90 Å². The lowest BCUT2D eigenvalue weighted by atomic mass is 9.85. The first-order valence-corrected chi connectivity index (χ1v) is 5.74. The number of piperidine rings is 1. The molecule has 92 valence electrons. The molecule has 0 aromatic carbocycles. The van der Waals surface area contributed by atoms with Gasteiger partial charge in [0.2, 0.25) is 0 Å². The van der Waals surface area contributed by atoms with Crippen LogP contribution in [0.15, 0.2) is 0 Å². The van der Waals surface area contributed by atoms with Gasteiger partial charge in [0.05, 0.1) is 11.8 Å². The van der Waals surface area contributed by atoms with E-state index in [9.17, 15) is 9.59 Å². The Morgan fingerprint density at radius 1 is 1.25 bits per heavy atom. The van der Waals surface area contributed by atoms with Gasteiger partial charge in [-0.1, -0.05) is 13.3 Å². The molecule has 1 heterocycles. The minimum atomic E-state index is -0.992. The molecule has 0 radical (unpaired) electrons. The average molecular weight is 229 g/mol. The van der Waals surface area contributed by atoms with E-state index >= 15 is 0 Å². The molecular weight excluding hydrogens is 210 g/mol. The number of carboxylic acids is 2. The molecule has 0 aliphatic carbocycles. The van der Waals surface area contributed by atoms with Crippen LogP contribution >= 0.6 is 0 Å². The fraction of sp³-hybridized carbons (Fsp3) is 0.818. The highest BCUT2D eigenvalue weighted by molar-refractivity contribution is 5.80. The Morgan fingerprint density at radius 2 is 1.88 bits per heavy atom. The maximum absolute atomic E-state index is 11.0. The van der Waals surface area contributed by atoms with Gasteiger partial charge in [-0.3, -0.25) is 9.59 Å². The van der Waals surface area contributed by atoms with E-state index in [1.54, 1.807) is 0 Å². The molecule has 1 fully saturated rings. The van der Waals surface area contributed by atoms with Gasteiger partial charge < -0.3 is 15.1 Å². The lowest BCUT2D eigenvalue weighted by molar-refractivity contribution is -0.157. The number of carbonyl (C=O) groups is 2. The second kappa shape index (κ2) is 5.84. The van der Waals surface area contributed by atoms with Gasteiger partial charge in [-0.05, 0) is 25.9 Å². The predicted molar refractivity (Wildman–Crippen MR) is 58.2 cm³/mol. The Balaban J connectivity index is 2.58. The lowest BCUT2D eigenvalue weighted by Crippen LogP contribution is -2.46. The summed E-state index contributed by atoms with van der Waals surface area (Å²) in [6, 6.07) is 0. The number of hydrogen-bond donors (Lipinski definition) is 2. The predicted octanol–water partition coefficient (Wildman–Crippen LogP) is 0.894. The van der Waals surface area contributed by atoms with E-state index in [0.29, 0.717) is 19.5 Å². The Morgan fingerprint density at radius 3 is 2.38 bits per heavy atom. The molecule has 0 aromatic heterocycles. The molecule has 0 amide bonds. The number of carboxylic acid groups (broad SMARTS) is 2. The van der Waals surface area contributed by atoms with E-state index in [1.165, 1.54) is 0 Å². The highest BCUT2D eigenvalue weighted by atomic mass is 16.4. The molecule has 0 spiro atoms. The van der Waals surface area contributed by atoms with Crippen molar-refractivity contribution in [2.24, 2.45) is 11.8 Å². The van der Waals surface area contributed by atoms with Crippen molar-refractivity contribution < 1.29 is 19.8 Å². The molecule has 1 rings (SSSR count). The lowest BCUT2D eigenvalue weighted by Gasteiger charge is -2.34. The molecule has 0 bridgehead atoms. The summed E-state index contributed by atoms with van der Waals surface area (Å²) in [5, 5.41) is 17.9. The zero-order chi connectivity index (χ0) is 12.1. The van der Waals surface area contributed by atoms with Gasteiger partial charge in [-0.2, -0.15) is 0 Å². The second-order valence-electron chi connectivity index (χ2n) is 4.33. The maximum atomic E-state index is 11.0. The van der Waals surface area contributed by atoms with Crippen LogP contribution in [0.2, 0.25) is 0 Å². The first-order valence-electron chi connectivity index (χ1n) is 5.74. The molecule has 2 atom stereocenters. The molecule has 0 saturated carbocycles. The summed E-state index contributed by atoms with van der Waals surface area (Å²) in [6.07, 6.45) is 2.54. The van der Waals surface area contributed by atoms with Crippen molar-refractivity contribution in [2.75, 3.05) is 19.6 Å². The maximum Gasteiger partial charge on any atom is 0.308 e. The van der Waals surface area contributed by atoms with Crippen molar-refractivity contribution in [3.63, 3.8) is 0 Å². The summed E-state index contributed by atoms with van der Waals surface area (Å²) >= 11 is 0. The summed E-state index contributed by atoms with van der Waals surface area (Å²) < 4.78 is 0. The summed E-state index contributed by atoms with van der Waals surface area (Å²) in [6.45, 7) is 4.01. The van der Waals surface area contributed by atoms with E-state index in [2.05, 4.69) is 11.8 Å². The van der Waals surface area contributed by atoms with Crippen LogP contribution < -0.4 is 0 Å². The Kier molecular flexibility index (Phi) is 4.73. The van der Waals surface area contributed by atoms with E-state index in [-0.39, 0.29) is 0 Å². The third kappa shape index (κ3) is 3.20. The standard InChI is InChI=1S/C11H19NO4/c1-2-3-5-12-6-4-8(10(13)14)9(7-12)11(15)16/h8-9H,2-7H2,1H3,(H,13,14)(H,15,16). The van der Waals surface area contributed by atoms with Crippen molar-refractivity contribution >= 4 is 11.9 Å². The molecule has 2 N–H and O–H groups in total. The Hall–Kier alpha value is -1.10. The van der Waals surface area contributed by atoms with Crippen LogP contribution in [0.1, 0.15) is 26.2 Å². The quantitative estimate of drug-likeness (QED) is 0.732. The normalized spacial score (nSPS) is 26.6. The first kappa shape index (κ1) is 13.0. The number of hydrogen-bond acceptors (Lipinski definition) is 3.